The summed E-state index contributed by atoms with van der Waals surface area (Å²) in [5.41, 5.74) is 5.41. The van der Waals surface area contributed by atoms with Crippen molar-refractivity contribution in [2.45, 2.75) is 25.0 Å². The number of esters is 1. The van der Waals surface area contributed by atoms with Crippen LogP contribution in [0.3, 0.4) is 0 Å². The molecule has 11 heteroatoms. The Morgan fingerprint density at radius 2 is 2.10 bits per heavy atom. The van der Waals surface area contributed by atoms with Crippen molar-refractivity contribution in [2.75, 3.05) is 19.8 Å². The molecule has 0 saturated carbocycles. The lowest BCUT2D eigenvalue weighted by Gasteiger charge is -2.24. The second-order valence-electron chi connectivity index (χ2n) is 7.11. The highest BCUT2D eigenvalue weighted by atomic mass is 35.5. The first-order valence-corrected chi connectivity index (χ1v) is 9.63. The highest BCUT2D eigenvalue weighted by Gasteiger charge is 2.29. The summed E-state index contributed by atoms with van der Waals surface area (Å²) >= 11 is 6.30. The maximum atomic E-state index is 13.0. The first-order valence-electron chi connectivity index (χ1n) is 9.25. The molecule has 166 valence electrons. The molecule has 0 saturated heterocycles. The number of fused-ring (bicyclic) bond motifs is 1. The normalized spacial score (nSPS) is 12.7. The van der Waals surface area contributed by atoms with Crippen molar-refractivity contribution in [3.8, 4) is 5.75 Å². The number of aromatic nitrogens is 2. The molecule has 4 N–H and O–H groups in total. The lowest BCUT2D eigenvalue weighted by molar-refractivity contribution is -0.148. The van der Waals surface area contributed by atoms with Gasteiger partial charge >= 0.3 is 5.97 Å². The minimum absolute atomic E-state index is 0.0613. The first-order chi connectivity index (χ1) is 14.8. The smallest absolute Gasteiger partial charge is 0.314 e. The number of rotatable bonds is 9. The number of pyridine rings is 1. The summed E-state index contributed by atoms with van der Waals surface area (Å²) in [6.07, 6.45) is 1.09. The van der Waals surface area contributed by atoms with Gasteiger partial charge in [-0.05, 0) is 25.1 Å². The topological polar surface area (TPSA) is 141 Å². The van der Waals surface area contributed by atoms with Gasteiger partial charge in [-0.25, -0.2) is 4.39 Å². The van der Waals surface area contributed by atoms with Gasteiger partial charge in [0.25, 0.3) is 0 Å². The number of carbonyl (C=O) groups is 1. The van der Waals surface area contributed by atoms with E-state index in [1.807, 2.05) is 0 Å². The van der Waals surface area contributed by atoms with Crippen LogP contribution < -0.4 is 10.5 Å². The number of hydrogen-bond donors (Lipinski definition) is 3. The van der Waals surface area contributed by atoms with Crippen LogP contribution in [-0.2, 0) is 16.1 Å². The third-order valence-electron chi connectivity index (χ3n) is 4.61. The fraction of sp³-hybridized carbons (Fsp3) is 0.350. The molecule has 3 rings (SSSR count). The molecule has 0 spiro atoms. The van der Waals surface area contributed by atoms with Crippen molar-refractivity contribution in [3.05, 3.63) is 52.7 Å². The molecule has 0 aliphatic carbocycles. The Hall–Kier alpha value is -2.79. The van der Waals surface area contributed by atoms with Gasteiger partial charge in [0.05, 0.1) is 35.7 Å². The van der Waals surface area contributed by atoms with E-state index < -0.39 is 36.5 Å². The summed E-state index contributed by atoms with van der Waals surface area (Å²) in [7, 11) is 0. The van der Waals surface area contributed by atoms with Gasteiger partial charge in [0.15, 0.2) is 5.58 Å². The van der Waals surface area contributed by atoms with Crippen LogP contribution >= 0.6 is 11.6 Å². The first kappa shape index (κ1) is 22.9. The molecule has 0 aliphatic heterocycles. The average molecular weight is 454 g/mol. The van der Waals surface area contributed by atoms with Gasteiger partial charge in [0.2, 0.25) is 0 Å². The van der Waals surface area contributed by atoms with Gasteiger partial charge in [-0.15, -0.1) is 0 Å². The molecular formula is C20H21ClFN3O6. The highest BCUT2D eigenvalue weighted by Crippen LogP contribution is 2.34. The van der Waals surface area contributed by atoms with Gasteiger partial charge in [-0.1, -0.05) is 16.8 Å². The SMILES string of the molecule is CC(C(=O)OCC(N)(CO)CO)c1noc2cc(OCc3ccc(F)cn3)c(Cl)cc12. The van der Waals surface area contributed by atoms with Gasteiger partial charge < -0.3 is 29.9 Å². The van der Waals surface area contributed by atoms with Crippen LogP contribution in [0.25, 0.3) is 11.0 Å². The van der Waals surface area contributed by atoms with Crippen LogP contribution in [-0.4, -0.2) is 51.7 Å². The maximum absolute atomic E-state index is 13.0. The molecule has 0 aliphatic rings. The fourth-order valence-corrected chi connectivity index (χ4v) is 2.84. The summed E-state index contributed by atoms with van der Waals surface area (Å²) in [5, 5.41) is 23.1. The molecule has 2 aromatic heterocycles. The number of aliphatic hydroxyl groups is 2. The van der Waals surface area contributed by atoms with Gasteiger partial charge in [0, 0.05) is 11.5 Å². The number of aliphatic hydroxyl groups excluding tert-OH is 2. The molecule has 0 radical (unpaired) electrons. The second-order valence-corrected chi connectivity index (χ2v) is 7.52. The molecular weight excluding hydrogens is 433 g/mol. The maximum Gasteiger partial charge on any atom is 0.314 e. The molecule has 3 aromatic rings. The number of nitrogens with two attached hydrogens (primary N) is 1. The summed E-state index contributed by atoms with van der Waals surface area (Å²) in [6.45, 7) is 0.156. The molecule has 0 fully saturated rings. The van der Waals surface area contributed by atoms with Crippen LogP contribution in [0.5, 0.6) is 5.75 Å². The van der Waals surface area contributed by atoms with Crippen LogP contribution in [0.1, 0.15) is 24.2 Å². The van der Waals surface area contributed by atoms with E-state index in [0.717, 1.165) is 6.20 Å². The molecule has 1 aromatic carbocycles. The third-order valence-corrected chi connectivity index (χ3v) is 4.91. The van der Waals surface area contributed by atoms with Gasteiger partial charge in [-0.2, -0.15) is 0 Å². The second kappa shape index (κ2) is 9.56. The predicted octanol–water partition coefficient (Wildman–Crippen LogP) is 1.92. The standard InChI is InChI=1S/C20H21ClFN3O6/c1-11(19(28)30-10-20(23,8-26)9-27)18-14-4-15(21)17(5-16(14)31-25-18)29-7-13-3-2-12(22)6-24-13/h2-6,11,26-27H,7-10,23H2,1H3. The van der Waals surface area contributed by atoms with Crippen molar-refractivity contribution >= 4 is 28.5 Å². The largest absolute Gasteiger partial charge is 0.486 e. The van der Waals surface area contributed by atoms with Crippen molar-refractivity contribution in [1.82, 2.24) is 10.1 Å². The zero-order valence-corrected chi connectivity index (χ0v) is 17.3. The zero-order valence-electron chi connectivity index (χ0n) is 16.5. The zero-order chi connectivity index (χ0) is 22.6. The monoisotopic (exact) mass is 453 g/mol. The molecule has 2 heterocycles. The minimum atomic E-state index is -1.43. The Morgan fingerprint density at radius 3 is 2.74 bits per heavy atom. The Kier molecular flexibility index (Phi) is 7.06. The molecule has 0 bridgehead atoms. The molecule has 31 heavy (non-hydrogen) atoms. The van der Waals surface area contributed by atoms with E-state index in [0.29, 0.717) is 28.1 Å². The van der Waals surface area contributed by atoms with Crippen molar-refractivity contribution in [1.29, 1.82) is 0 Å². The minimum Gasteiger partial charge on any atom is -0.486 e. The number of carbonyl (C=O) groups excluding carboxylic acids is 1. The van der Waals surface area contributed by atoms with Crippen LogP contribution in [0.15, 0.2) is 35.0 Å². The Morgan fingerprint density at radius 1 is 1.35 bits per heavy atom. The number of nitrogens with zero attached hydrogens (tertiary/aromatic N) is 2. The van der Waals surface area contributed by atoms with E-state index in [1.54, 1.807) is 13.0 Å². The van der Waals surface area contributed by atoms with Crippen molar-refractivity contribution in [3.63, 3.8) is 0 Å². The van der Waals surface area contributed by atoms with E-state index in [-0.39, 0.29) is 18.2 Å². The predicted molar refractivity (Wildman–Crippen MR) is 108 cm³/mol. The quantitative estimate of drug-likeness (QED) is 0.414. The van der Waals surface area contributed by atoms with Crippen molar-refractivity contribution in [2.24, 2.45) is 5.73 Å². The van der Waals surface area contributed by atoms with Gasteiger partial charge in [0.1, 0.15) is 36.4 Å². The number of benzene rings is 1. The summed E-state index contributed by atoms with van der Waals surface area (Å²) in [4.78, 5) is 16.3. The van der Waals surface area contributed by atoms with Crippen LogP contribution in [0, 0.1) is 5.82 Å². The Labute approximate surface area is 181 Å². The Bertz CT molecular complexity index is 1050. The fourth-order valence-electron chi connectivity index (χ4n) is 2.62. The number of ether oxygens (including phenoxy) is 2. The van der Waals surface area contributed by atoms with Crippen LogP contribution in [0.4, 0.5) is 4.39 Å². The Balaban J connectivity index is 1.73. The van der Waals surface area contributed by atoms with E-state index in [9.17, 15) is 19.4 Å². The molecule has 9 nitrogen and oxygen atoms in total. The lowest BCUT2D eigenvalue weighted by Crippen LogP contribution is -2.52. The van der Waals surface area contributed by atoms with Crippen molar-refractivity contribution < 1.29 is 33.4 Å². The molecule has 0 amide bonds. The summed E-state index contributed by atoms with van der Waals surface area (Å²) in [6, 6.07) is 5.84. The number of hydrogen-bond acceptors (Lipinski definition) is 9. The van der Waals surface area contributed by atoms with Gasteiger partial charge in [-0.3, -0.25) is 9.78 Å². The van der Waals surface area contributed by atoms with E-state index in [4.69, 9.17) is 31.3 Å². The van der Waals surface area contributed by atoms with Crippen LogP contribution in [0.2, 0.25) is 5.02 Å². The summed E-state index contributed by atoms with van der Waals surface area (Å²) < 4.78 is 29.0. The molecule has 1 unspecified atom stereocenters. The van der Waals surface area contributed by atoms with E-state index in [1.165, 1.54) is 18.2 Å². The third kappa shape index (κ3) is 5.28. The van der Waals surface area contributed by atoms with E-state index >= 15 is 0 Å². The molecule has 1 atom stereocenters. The van der Waals surface area contributed by atoms with E-state index in [2.05, 4.69) is 10.1 Å². The number of halogens is 2. The lowest BCUT2D eigenvalue weighted by atomic mass is 10.0. The summed E-state index contributed by atoms with van der Waals surface area (Å²) in [5.74, 6) is -1.63. The highest BCUT2D eigenvalue weighted by molar-refractivity contribution is 6.32. The average Bonchev–Trinajstić information content (AvgIpc) is 3.18.